The minimum absolute atomic E-state index is 0.257. The zero-order chi connectivity index (χ0) is 13.8. The van der Waals surface area contributed by atoms with Crippen LogP contribution in [0.5, 0.6) is 0 Å². The maximum Gasteiger partial charge on any atom is 0.291 e. The number of hydrogen-bond donors (Lipinski definition) is 1. The van der Waals surface area contributed by atoms with E-state index in [1.807, 2.05) is 14.1 Å². The Morgan fingerprint density at radius 2 is 2.32 bits per heavy atom. The number of nitrogens with zero attached hydrogens (tertiary/aromatic N) is 3. The Balaban J connectivity index is 1.94. The molecule has 0 aliphatic rings. The number of likely N-dealkylation sites (N-methyl/N-ethyl adjacent to an activating group) is 1. The molecular weight excluding hydrogens is 312 g/mol. The van der Waals surface area contributed by atoms with Crippen molar-refractivity contribution in [2.24, 2.45) is 0 Å². The molecule has 0 aliphatic heterocycles. The van der Waals surface area contributed by atoms with Gasteiger partial charge < -0.3 is 14.6 Å². The van der Waals surface area contributed by atoms with E-state index in [0.717, 1.165) is 13.1 Å². The summed E-state index contributed by atoms with van der Waals surface area (Å²) < 4.78 is 7.49. The van der Waals surface area contributed by atoms with E-state index >= 15 is 0 Å². The van der Waals surface area contributed by atoms with E-state index in [1.54, 1.807) is 29.2 Å². The van der Waals surface area contributed by atoms with Gasteiger partial charge in [0.25, 0.3) is 5.91 Å². The molecule has 0 unspecified atom stereocenters. The van der Waals surface area contributed by atoms with Gasteiger partial charge in [-0.3, -0.25) is 9.48 Å². The predicted molar refractivity (Wildman–Crippen MR) is 75.1 cm³/mol. The molecule has 7 heteroatoms. The molecule has 2 heterocycles. The summed E-state index contributed by atoms with van der Waals surface area (Å²) in [6.45, 7) is 1.66. The number of nitrogens with one attached hydrogen (secondary N) is 1. The second-order valence-corrected chi connectivity index (χ2v) is 5.13. The molecule has 2 aromatic rings. The zero-order valence-electron chi connectivity index (χ0n) is 10.8. The number of halogens is 1. The molecule has 2 aromatic heterocycles. The predicted octanol–water partition coefficient (Wildman–Crippen LogP) is 2.05. The van der Waals surface area contributed by atoms with Crippen LogP contribution < -0.4 is 5.32 Å². The van der Waals surface area contributed by atoms with E-state index in [2.05, 4.69) is 31.2 Å². The Labute approximate surface area is 119 Å². The third kappa shape index (κ3) is 3.93. The summed E-state index contributed by atoms with van der Waals surface area (Å²) in [6, 6.07) is 3.28. The number of amides is 1. The van der Waals surface area contributed by atoms with E-state index in [1.165, 1.54) is 0 Å². The van der Waals surface area contributed by atoms with Crippen molar-refractivity contribution in [3.8, 4) is 0 Å². The molecular formula is C12H15BrN4O2. The van der Waals surface area contributed by atoms with E-state index in [4.69, 9.17) is 4.42 Å². The van der Waals surface area contributed by atoms with Crippen molar-refractivity contribution in [2.45, 2.75) is 6.54 Å². The first kappa shape index (κ1) is 13.8. The summed E-state index contributed by atoms with van der Waals surface area (Å²) in [7, 11) is 4.00. The van der Waals surface area contributed by atoms with Gasteiger partial charge in [-0.15, -0.1) is 0 Å². The van der Waals surface area contributed by atoms with Gasteiger partial charge in [-0.1, -0.05) is 0 Å². The Morgan fingerprint density at radius 1 is 1.53 bits per heavy atom. The molecule has 1 N–H and O–H groups in total. The van der Waals surface area contributed by atoms with Crippen molar-refractivity contribution >= 4 is 27.5 Å². The highest BCUT2D eigenvalue weighted by atomic mass is 79.9. The maximum atomic E-state index is 11.8. The first-order chi connectivity index (χ1) is 9.04. The van der Waals surface area contributed by atoms with E-state index in [9.17, 15) is 4.79 Å². The van der Waals surface area contributed by atoms with Crippen molar-refractivity contribution in [1.82, 2.24) is 14.7 Å². The minimum atomic E-state index is -0.294. The number of furan rings is 1. The molecule has 0 atom stereocenters. The second-order valence-electron chi connectivity index (χ2n) is 4.35. The molecule has 19 heavy (non-hydrogen) atoms. The fraction of sp³-hybridized carbons (Fsp3) is 0.333. The lowest BCUT2D eigenvalue weighted by atomic mass is 10.4. The highest BCUT2D eigenvalue weighted by Gasteiger charge is 2.11. The number of carbonyl (C=O) groups is 1. The molecule has 0 saturated heterocycles. The Bertz CT molecular complexity index is 562. The standard InChI is InChI=1S/C12H15BrN4O2/c1-16(2)5-6-17-8-9(7-14-17)15-12(18)10-3-4-11(13)19-10/h3-4,7-8H,5-6H2,1-2H3,(H,15,18). The fourth-order valence-corrected chi connectivity index (χ4v) is 1.79. The molecule has 1 amide bonds. The van der Waals surface area contributed by atoms with Crippen molar-refractivity contribution < 1.29 is 9.21 Å². The third-order valence-corrected chi connectivity index (χ3v) is 2.89. The first-order valence-electron chi connectivity index (χ1n) is 5.78. The van der Waals surface area contributed by atoms with Crippen LogP contribution >= 0.6 is 15.9 Å². The molecule has 0 radical (unpaired) electrons. The second kappa shape index (κ2) is 6.03. The van der Waals surface area contributed by atoms with Crippen molar-refractivity contribution in [3.05, 3.63) is 35.0 Å². The van der Waals surface area contributed by atoms with Gasteiger partial charge in [0.05, 0.1) is 18.4 Å². The van der Waals surface area contributed by atoms with Crippen LogP contribution in [0.3, 0.4) is 0 Å². The molecule has 0 bridgehead atoms. The summed E-state index contributed by atoms with van der Waals surface area (Å²) in [6.07, 6.45) is 3.41. The number of anilines is 1. The van der Waals surface area contributed by atoms with Crippen LogP contribution in [-0.4, -0.2) is 41.2 Å². The fourth-order valence-electron chi connectivity index (χ4n) is 1.48. The molecule has 6 nitrogen and oxygen atoms in total. The van der Waals surface area contributed by atoms with Crippen LogP contribution in [0.4, 0.5) is 5.69 Å². The normalized spacial score (nSPS) is 10.9. The average molecular weight is 327 g/mol. The van der Waals surface area contributed by atoms with Crippen molar-refractivity contribution in [1.29, 1.82) is 0 Å². The lowest BCUT2D eigenvalue weighted by Crippen LogP contribution is -2.18. The Morgan fingerprint density at radius 3 is 2.95 bits per heavy atom. The highest BCUT2D eigenvalue weighted by Crippen LogP contribution is 2.15. The summed E-state index contributed by atoms with van der Waals surface area (Å²) in [4.78, 5) is 13.9. The summed E-state index contributed by atoms with van der Waals surface area (Å²) >= 11 is 3.16. The van der Waals surface area contributed by atoms with Gasteiger partial charge in [0, 0.05) is 12.7 Å². The van der Waals surface area contributed by atoms with Crippen molar-refractivity contribution in [2.75, 3.05) is 26.0 Å². The maximum absolute atomic E-state index is 11.8. The number of hydrogen-bond acceptors (Lipinski definition) is 4. The Kier molecular flexibility index (Phi) is 4.39. The van der Waals surface area contributed by atoms with Gasteiger partial charge in [-0.05, 0) is 42.2 Å². The average Bonchev–Trinajstić information content (AvgIpc) is 2.95. The van der Waals surface area contributed by atoms with Gasteiger partial charge in [0.1, 0.15) is 0 Å². The first-order valence-corrected chi connectivity index (χ1v) is 6.58. The van der Waals surface area contributed by atoms with Crippen LogP contribution in [0, 0.1) is 0 Å². The van der Waals surface area contributed by atoms with Gasteiger partial charge in [-0.25, -0.2) is 0 Å². The van der Waals surface area contributed by atoms with Gasteiger partial charge in [-0.2, -0.15) is 5.10 Å². The minimum Gasteiger partial charge on any atom is -0.444 e. The topological polar surface area (TPSA) is 63.3 Å². The molecule has 0 aromatic carbocycles. The zero-order valence-corrected chi connectivity index (χ0v) is 12.3. The molecule has 0 fully saturated rings. The lowest BCUT2D eigenvalue weighted by Gasteiger charge is -2.08. The molecule has 102 valence electrons. The van der Waals surface area contributed by atoms with Gasteiger partial charge >= 0.3 is 0 Å². The highest BCUT2D eigenvalue weighted by molar-refractivity contribution is 9.10. The van der Waals surface area contributed by atoms with Gasteiger partial charge in [0.15, 0.2) is 10.4 Å². The Hall–Kier alpha value is -1.60. The monoisotopic (exact) mass is 326 g/mol. The van der Waals surface area contributed by atoms with Crippen LogP contribution in [0.2, 0.25) is 0 Å². The SMILES string of the molecule is CN(C)CCn1cc(NC(=O)c2ccc(Br)o2)cn1. The van der Waals surface area contributed by atoms with Crippen LogP contribution in [0.1, 0.15) is 10.6 Å². The summed E-state index contributed by atoms with van der Waals surface area (Å²) in [5, 5.41) is 6.90. The van der Waals surface area contributed by atoms with Crippen LogP contribution in [0.15, 0.2) is 33.6 Å². The number of carbonyl (C=O) groups excluding carboxylic acids is 1. The van der Waals surface area contributed by atoms with Crippen LogP contribution in [-0.2, 0) is 6.54 Å². The molecule has 0 aliphatic carbocycles. The van der Waals surface area contributed by atoms with E-state index in [0.29, 0.717) is 10.4 Å². The van der Waals surface area contributed by atoms with E-state index < -0.39 is 0 Å². The lowest BCUT2D eigenvalue weighted by molar-refractivity contribution is 0.0995. The number of rotatable bonds is 5. The van der Waals surface area contributed by atoms with Gasteiger partial charge in [0.2, 0.25) is 0 Å². The number of aromatic nitrogens is 2. The summed E-state index contributed by atoms with van der Waals surface area (Å²) in [5.74, 6) is -0.0363. The quantitative estimate of drug-likeness (QED) is 0.913. The molecule has 0 saturated carbocycles. The molecule has 2 rings (SSSR count). The van der Waals surface area contributed by atoms with Crippen LogP contribution in [0.25, 0.3) is 0 Å². The van der Waals surface area contributed by atoms with E-state index in [-0.39, 0.29) is 11.7 Å². The summed E-state index contributed by atoms with van der Waals surface area (Å²) in [5.41, 5.74) is 0.649. The smallest absolute Gasteiger partial charge is 0.291 e. The largest absolute Gasteiger partial charge is 0.444 e. The third-order valence-electron chi connectivity index (χ3n) is 2.46. The molecule has 0 spiro atoms. The van der Waals surface area contributed by atoms with Crippen molar-refractivity contribution in [3.63, 3.8) is 0 Å².